The van der Waals surface area contributed by atoms with Crippen LogP contribution in [0.3, 0.4) is 0 Å². The van der Waals surface area contributed by atoms with Gasteiger partial charge in [-0.1, -0.05) is 13.8 Å². The molecule has 118 valence electrons. The molecule has 2 aromatic heterocycles. The first-order valence-electron chi connectivity index (χ1n) is 7.86. The summed E-state index contributed by atoms with van der Waals surface area (Å²) in [5, 5.41) is 4.05. The number of nitrogens with one attached hydrogen (secondary N) is 2. The average Bonchev–Trinajstić information content (AvgIpc) is 3.01. The minimum Gasteiger partial charge on any atom is -0.381 e. The Morgan fingerprint density at radius 2 is 2.14 bits per heavy atom. The van der Waals surface area contributed by atoms with Gasteiger partial charge in [0, 0.05) is 31.3 Å². The summed E-state index contributed by atoms with van der Waals surface area (Å²) in [6.45, 7) is 6.73. The largest absolute Gasteiger partial charge is 0.381 e. The molecule has 0 aromatic carbocycles. The molecule has 2 N–H and O–H groups in total. The summed E-state index contributed by atoms with van der Waals surface area (Å²) in [5.41, 5.74) is 1.27. The minimum absolute atomic E-state index is 0.0654. The Bertz CT molecular complexity index is 657. The average molecular weight is 301 g/mol. The van der Waals surface area contributed by atoms with E-state index in [-0.39, 0.29) is 11.3 Å². The highest BCUT2D eigenvalue weighted by molar-refractivity contribution is 5.94. The highest BCUT2D eigenvalue weighted by atomic mass is 16.5. The molecule has 0 atom stereocenters. The van der Waals surface area contributed by atoms with Crippen LogP contribution in [0.15, 0.2) is 24.4 Å². The standard InChI is InChI=1S/C17H23N3O2/c1-17(2,13-6-9-22-10-7-13)11-19-16(21)14-4-3-12-5-8-18-15(12)20-14/h3-5,8,13H,6-7,9-11H2,1-2H3,(H,18,20)(H,19,21). The molecule has 3 rings (SSSR count). The smallest absolute Gasteiger partial charge is 0.269 e. The van der Waals surface area contributed by atoms with E-state index in [2.05, 4.69) is 29.1 Å². The number of H-pyrrole nitrogens is 1. The van der Waals surface area contributed by atoms with Gasteiger partial charge in [0.25, 0.3) is 5.91 Å². The summed E-state index contributed by atoms with van der Waals surface area (Å²) in [5.74, 6) is 0.469. The predicted octanol–water partition coefficient (Wildman–Crippen LogP) is 2.75. The molecule has 1 fully saturated rings. The lowest BCUT2D eigenvalue weighted by Gasteiger charge is -2.37. The van der Waals surface area contributed by atoms with Crippen molar-refractivity contribution in [2.45, 2.75) is 26.7 Å². The maximum absolute atomic E-state index is 12.3. The predicted molar refractivity (Wildman–Crippen MR) is 85.8 cm³/mol. The van der Waals surface area contributed by atoms with E-state index >= 15 is 0 Å². The van der Waals surface area contributed by atoms with Crippen molar-refractivity contribution in [1.82, 2.24) is 15.3 Å². The van der Waals surface area contributed by atoms with Crippen molar-refractivity contribution in [3.05, 3.63) is 30.1 Å². The third kappa shape index (κ3) is 3.14. The Balaban J connectivity index is 1.63. The number of fused-ring (bicyclic) bond motifs is 1. The summed E-state index contributed by atoms with van der Waals surface area (Å²) in [6.07, 6.45) is 3.96. The number of ether oxygens (including phenoxy) is 1. The second-order valence-electron chi connectivity index (χ2n) is 6.67. The first-order chi connectivity index (χ1) is 10.6. The quantitative estimate of drug-likeness (QED) is 0.912. The lowest BCUT2D eigenvalue weighted by molar-refractivity contribution is 0.0227. The van der Waals surface area contributed by atoms with Gasteiger partial charge in [-0.05, 0) is 42.4 Å². The normalized spacial score (nSPS) is 16.8. The molecule has 1 aliphatic rings. The van der Waals surface area contributed by atoms with Crippen molar-refractivity contribution in [2.75, 3.05) is 19.8 Å². The summed E-state index contributed by atoms with van der Waals surface area (Å²) in [6, 6.07) is 5.63. The fourth-order valence-corrected chi connectivity index (χ4v) is 3.08. The second kappa shape index (κ2) is 6.08. The zero-order valence-corrected chi connectivity index (χ0v) is 13.2. The fraction of sp³-hybridized carbons (Fsp3) is 0.529. The lowest BCUT2D eigenvalue weighted by Crippen LogP contribution is -2.40. The van der Waals surface area contributed by atoms with Gasteiger partial charge in [0.05, 0.1) is 0 Å². The zero-order valence-electron chi connectivity index (χ0n) is 13.2. The van der Waals surface area contributed by atoms with E-state index in [0.29, 0.717) is 18.2 Å². The molecule has 5 heteroatoms. The summed E-state index contributed by atoms with van der Waals surface area (Å²) >= 11 is 0. The second-order valence-corrected chi connectivity index (χ2v) is 6.67. The van der Waals surface area contributed by atoms with Crippen molar-refractivity contribution in [3.63, 3.8) is 0 Å². The third-order valence-corrected chi connectivity index (χ3v) is 4.67. The van der Waals surface area contributed by atoms with Gasteiger partial charge in [0.1, 0.15) is 11.3 Å². The van der Waals surface area contributed by atoms with Crippen molar-refractivity contribution < 1.29 is 9.53 Å². The number of amides is 1. The van der Waals surface area contributed by atoms with E-state index in [4.69, 9.17) is 4.74 Å². The van der Waals surface area contributed by atoms with E-state index in [0.717, 1.165) is 37.1 Å². The van der Waals surface area contributed by atoms with E-state index in [9.17, 15) is 4.79 Å². The number of nitrogens with zero attached hydrogens (tertiary/aromatic N) is 1. The Labute approximate surface area is 130 Å². The number of aromatic amines is 1. The number of pyridine rings is 1. The molecule has 0 aliphatic carbocycles. The van der Waals surface area contributed by atoms with E-state index < -0.39 is 0 Å². The summed E-state index contributed by atoms with van der Waals surface area (Å²) in [7, 11) is 0. The van der Waals surface area contributed by atoms with Gasteiger partial charge >= 0.3 is 0 Å². The van der Waals surface area contributed by atoms with Crippen LogP contribution in [0.25, 0.3) is 11.0 Å². The molecular formula is C17H23N3O2. The number of carbonyl (C=O) groups excluding carboxylic acids is 1. The zero-order chi connectivity index (χ0) is 15.6. The molecule has 0 saturated carbocycles. The molecule has 2 aromatic rings. The number of rotatable bonds is 4. The molecular weight excluding hydrogens is 278 g/mol. The van der Waals surface area contributed by atoms with Crippen LogP contribution in [-0.2, 0) is 4.74 Å². The highest BCUT2D eigenvalue weighted by Gasteiger charge is 2.31. The van der Waals surface area contributed by atoms with Crippen LogP contribution >= 0.6 is 0 Å². The van der Waals surface area contributed by atoms with Gasteiger partial charge in [0.15, 0.2) is 0 Å². The van der Waals surface area contributed by atoms with Gasteiger partial charge in [0.2, 0.25) is 0 Å². The molecule has 5 nitrogen and oxygen atoms in total. The topological polar surface area (TPSA) is 67.0 Å². The monoisotopic (exact) mass is 301 g/mol. The van der Waals surface area contributed by atoms with Crippen LogP contribution in [-0.4, -0.2) is 35.6 Å². The molecule has 22 heavy (non-hydrogen) atoms. The van der Waals surface area contributed by atoms with Crippen LogP contribution in [0, 0.1) is 11.3 Å². The van der Waals surface area contributed by atoms with Crippen molar-refractivity contribution in [1.29, 1.82) is 0 Å². The van der Waals surface area contributed by atoms with Crippen molar-refractivity contribution in [3.8, 4) is 0 Å². The third-order valence-electron chi connectivity index (χ3n) is 4.67. The van der Waals surface area contributed by atoms with E-state index in [1.807, 2.05) is 18.3 Å². The van der Waals surface area contributed by atoms with E-state index in [1.54, 1.807) is 6.07 Å². The Morgan fingerprint density at radius 1 is 1.36 bits per heavy atom. The van der Waals surface area contributed by atoms with Crippen molar-refractivity contribution >= 4 is 16.9 Å². The van der Waals surface area contributed by atoms with E-state index in [1.165, 1.54) is 0 Å². The van der Waals surface area contributed by atoms with Crippen LogP contribution in [0.5, 0.6) is 0 Å². The molecule has 1 aliphatic heterocycles. The van der Waals surface area contributed by atoms with Crippen LogP contribution in [0.4, 0.5) is 0 Å². The Kier molecular flexibility index (Phi) is 4.16. The lowest BCUT2D eigenvalue weighted by atomic mass is 9.74. The highest BCUT2D eigenvalue weighted by Crippen LogP contribution is 2.33. The van der Waals surface area contributed by atoms with Gasteiger partial charge in [-0.15, -0.1) is 0 Å². The minimum atomic E-state index is -0.114. The van der Waals surface area contributed by atoms with Gasteiger partial charge in [-0.3, -0.25) is 4.79 Å². The number of aromatic nitrogens is 2. The molecule has 3 heterocycles. The first kappa shape index (κ1) is 15.0. The fourth-order valence-electron chi connectivity index (χ4n) is 3.08. The number of hydrogen-bond acceptors (Lipinski definition) is 3. The van der Waals surface area contributed by atoms with Gasteiger partial charge in [-0.25, -0.2) is 4.98 Å². The molecule has 1 amide bonds. The number of hydrogen-bond donors (Lipinski definition) is 2. The summed E-state index contributed by atoms with van der Waals surface area (Å²) in [4.78, 5) is 19.7. The first-order valence-corrected chi connectivity index (χ1v) is 7.86. The molecule has 0 spiro atoms. The van der Waals surface area contributed by atoms with Crippen LogP contribution < -0.4 is 5.32 Å². The summed E-state index contributed by atoms with van der Waals surface area (Å²) < 4.78 is 5.42. The maximum atomic E-state index is 12.3. The maximum Gasteiger partial charge on any atom is 0.269 e. The number of carbonyl (C=O) groups is 1. The van der Waals surface area contributed by atoms with Crippen LogP contribution in [0.1, 0.15) is 37.2 Å². The molecule has 0 bridgehead atoms. The van der Waals surface area contributed by atoms with Gasteiger partial charge in [-0.2, -0.15) is 0 Å². The Hall–Kier alpha value is -1.88. The SMILES string of the molecule is CC(C)(CNC(=O)c1ccc2cc[nH]c2n1)C1CCOCC1. The molecule has 0 radical (unpaired) electrons. The van der Waals surface area contributed by atoms with Gasteiger partial charge < -0.3 is 15.0 Å². The van der Waals surface area contributed by atoms with Crippen LogP contribution in [0.2, 0.25) is 0 Å². The molecule has 0 unspecified atom stereocenters. The Morgan fingerprint density at radius 3 is 2.91 bits per heavy atom. The van der Waals surface area contributed by atoms with Crippen molar-refractivity contribution in [2.24, 2.45) is 11.3 Å². The molecule has 1 saturated heterocycles.